The number of halogens is 1. The molecule has 0 aromatic carbocycles. The molecule has 128 valence electrons. The maximum Gasteiger partial charge on any atom is 0.0433 e. The van der Waals surface area contributed by atoms with Gasteiger partial charge < -0.3 is 0 Å². The van der Waals surface area contributed by atoms with Gasteiger partial charge in [-0.3, -0.25) is 0 Å². The summed E-state index contributed by atoms with van der Waals surface area (Å²) in [6, 6.07) is 0. The minimum Gasteiger partial charge on any atom is -0.122 e. The summed E-state index contributed by atoms with van der Waals surface area (Å²) < 4.78 is 0. The molecule has 22 heavy (non-hydrogen) atoms. The fourth-order valence-electron chi connectivity index (χ4n) is 3.24. The summed E-state index contributed by atoms with van der Waals surface area (Å²) in [7, 11) is 0. The van der Waals surface area contributed by atoms with E-state index in [1.54, 1.807) is 0 Å². The third-order valence-electron chi connectivity index (χ3n) is 4.78. The third kappa shape index (κ3) is 10.5. The van der Waals surface area contributed by atoms with Crippen molar-refractivity contribution >= 4 is 11.6 Å². The second kappa shape index (κ2) is 14.4. The lowest BCUT2D eigenvalue weighted by Gasteiger charge is -2.13. The summed E-state index contributed by atoms with van der Waals surface area (Å²) >= 11 is 6.43. The molecule has 0 aliphatic heterocycles. The Bertz CT molecular complexity index is 280. The van der Waals surface area contributed by atoms with Crippen molar-refractivity contribution < 1.29 is 0 Å². The summed E-state index contributed by atoms with van der Waals surface area (Å²) in [6.07, 6.45) is 28.3. The van der Waals surface area contributed by atoms with Gasteiger partial charge in [0, 0.05) is 11.3 Å². The summed E-state index contributed by atoms with van der Waals surface area (Å²) in [5.74, 6) is 0.485. The second-order valence-corrected chi connectivity index (χ2v) is 7.46. The van der Waals surface area contributed by atoms with E-state index in [2.05, 4.69) is 31.2 Å². The lowest BCUT2D eigenvalue weighted by Crippen LogP contribution is -2.08. The molecule has 1 heteroatoms. The molecular weight excluding hydrogens is 288 g/mol. The minimum absolute atomic E-state index is 0.308. The van der Waals surface area contributed by atoms with Crippen LogP contribution in [-0.4, -0.2) is 5.38 Å². The van der Waals surface area contributed by atoms with Crippen molar-refractivity contribution in [3.05, 3.63) is 24.3 Å². The molecule has 0 saturated heterocycles. The highest BCUT2D eigenvalue weighted by atomic mass is 35.5. The van der Waals surface area contributed by atoms with Gasteiger partial charge in [-0.1, -0.05) is 115 Å². The first-order valence-electron chi connectivity index (χ1n) is 9.83. The van der Waals surface area contributed by atoms with Gasteiger partial charge in [0.25, 0.3) is 0 Å². The summed E-state index contributed by atoms with van der Waals surface area (Å²) in [6.45, 7) is 2.29. The lowest BCUT2D eigenvalue weighted by molar-refractivity contribution is 0.528. The molecule has 0 heterocycles. The van der Waals surface area contributed by atoms with E-state index in [-0.39, 0.29) is 0 Å². The number of hydrogen-bond donors (Lipinski definition) is 0. The standard InChI is InChI=1S/C21H37Cl/c1-2-3-4-5-6-7-8-9-10-11-12-13-14-19-21(22)20-17-15-16-18-20/h15-18,20-21H,2-14,19H2,1H3. The highest BCUT2D eigenvalue weighted by molar-refractivity contribution is 6.21. The van der Waals surface area contributed by atoms with E-state index in [9.17, 15) is 0 Å². The molecule has 1 atom stereocenters. The van der Waals surface area contributed by atoms with Crippen LogP contribution in [0.5, 0.6) is 0 Å². The Kier molecular flexibility index (Phi) is 12.9. The van der Waals surface area contributed by atoms with Gasteiger partial charge in [0.15, 0.2) is 0 Å². The average Bonchev–Trinajstić information content (AvgIpc) is 3.06. The zero-order chi connectivity index (χ0) is 15.9. The van der Waals surface area contributed by atoms with Gasteiger partial charge in [-0.15, -0.1) is 11.6 Å². The van der Waals surface area contributed by atoms with Crippen molar-refractivity contribution in [2.45, 2.75) is 102 Å². The Labute approximate surface area is 144 Å². The Morgan fingerprint density at radius 3 is 1.55 bits per heavy atom. The molecule has 0 spiro atoms. The number of allylic oxidation sites excluding steroid dienone is 4. The molecule has 0 amide bonds. The quantitative estimate of drug-likeness (QED) is 0.213. The minimum atomic E-state index is 0.308. The SMILES string of the molecule is CCCCCCCCCCCCCCCC(Cl)C1C=CC=C1. The smallest absolute Gasteiger partial charge is 0.0433 e. The van der Waals surface area contributed by atoms with Gasteiger partial charge in [0.05, 0.1) is 0 Å². The molecule has 0 saturated carbocycles. The third-order valence-corrected chi connectivity index (χ3v) is 5.29. The van der Waals surface area contributed by atoms with E-state index in [0.29, 0.717) is 11.3 Å². The van der Waals surface area contributed by atoms with Gasteiger partial charge in [0.1, 0.15) is 0 Å². The van der Waals surface area contributed by atoms with Crippen LogP contribution in [0.25, 0.3) is 0 Å². The Hall–Kier alpha value is -0.230. The van der Waals surface area contributed by atoms with Crippen molar-refractivity contribution in [2.24, 2.45) is 5.92 Å². The molecular formula is C21H37Cl. The molecule has 0 aromatic heterocycles. The van der Waals surface area contributed by atoms with Crippen molar-refractivity contribution in [1.29, 1.82) is 0 Å². The molecule has 1 rings (SSSR count). The van der Waals surface area contributed by atoms with Crippen LogP contribution in [0, 0.1) is 5.92 Å². The summed E-state index contributed by atoms with van der Waals surface area (Å²) in [5.41, 5.74) is 0. The predicted octanol–water partition coefficient (Wildman–Crippen LogP) is 7.82. The van der Waals surface area contributed by atoms with Gasteiger partial charge in [-0.2, -0.15) is 0 Å². The van der Waals surface area contributed by atoms with Crippen LogP contribution in [0.2, 0.25) is 0 Å². The van der Waals surface area contributed by atoms with E-state index < -0.39 is 0 Å². The first-order valence-corrected chi connectivity index (χ1v) is 10.3. The molecule has 0 nitrogen and oxygen atoms in total. The second-order valence-electron chi connectivity index (χ2n) is 6.89. The van der Waals surface area contributed by atoms with E-state index in [1.165, 1.54) is 89.9 Å². The normalized spacial score (nSPS) is 15.7. The number of unbranched alkanes of at least 4 members (excludes halogenated alkanes) is 12. The van der Waals surface area contributed by atoms with Crippen LogP contribution < -0.4 is 0 Å². The van der Waals surface area contributed by atoms with E-state index in [4.69, 9.17) is 11.6 Å². The fraction of sp³-hybridized carbons (Fsp3) is 0.810. The number of rotatable bonds is 15. The lowest BCUT2D eigenvalue weighted by atomic mass is 10.0. The van der Waals surface area contributed by atoms with Crippen LogP contribution in [0.15, 0.2) is 24.3 Å². The average molecular weight is 325 g/mol. The molecule has 0 aromatic rings. The van der Waals surface area contributed by atoms with Crippen LogP contribution in [0.1, 0.15) is 96.8 Å². The van der Waals surface area contributed by atoms with E-state index in [0.717, 1.165) is 0 Å². The van der Waals surface area contributed by atoms with Crippen LogP contribution >= 0.6 is 11.6 Å². The first kappa shape index (κ1) is 19.8. The summed E-state index contributed by atoms with van der Waals surface area (Å²) in [4.78, 5) is 0. The maximum absolute atomic E-state index is 6.43. The van der Waals surface area contributed by atoms with Gasteiger partial charge >= 0.3 is 0 Å². The molecule has 0 fully saturated rings. The largest absolute Gasteiger partial charge is 0.122 e. The Balaban J connectivity index is 1.74. The molecule has 1 aliphatic carbocycles. The monoisotopic (exact) mass is 324 g/mol. The van der Waals surface area contributed by atoms with Crippen molar-refractivity contribution in [3.8, 4) is 0 Å². The van der Waals surface area contributed by atoms with Crippen molar-refractivity contribution in [2.75, 3.05) is 0 Å². The van der Waals surface area contributed by atoms with Crippen LogP contribution in [-0.2, 0) is 0 Å². The highest BCUT2D eigenvalue weighted by Crippen LogP contribution is 2.23. The predicted molar refractivity (Wildman–Crippen MR) is 102 cm³/mol. The Morgan fingerprint density at radius 1 is 0.682 bits per heavy atom. The molecule has 1 aliphatic rings. The number of alkyl halides is 1. The zero-order valence-corrected chi connectivity index (χ0v) is 15.5. The molecule has 0 bridgehead atoms. The first-order chi connectivity index (χ1) is 10.8. The topological polar surface area (TPSA) is 0 Å². The number of hydrogen-bond acceptors (Lipinski definition) is 0. The molecule has 0 N–H and O–H groups in total. The maximum atomic E-state index is 6.43. The van der Waals surface area contributed by atoms with Gasteiger partial charge in [-0.05, 0) is 6.42 Å². The van der Waals surface area contributed by atoms with Crippen LogP contribution in [0.3, 0.4) is 0 Å². The Morgan fingerprint density at radius 2 is 1.09 bits per heavy atom. The van der Waals surface area contributed by atoms with E-state index >= 15 is 0 Å². The molecule has 0 radical (unpaired) electrons. The fourth-order valence-corrected chi connectivity index (χ4v) is 3.56. The van der Waals surface area contributed by atoms with E-state index in [1.807, 2.05) is 0 Å². The highest BCUT2D eigenvalue weighted by Gasteiger charge is 2.14. The van der Waals surface area contributed by atoms with Crippen molar-refractivity contribution in [1.82, 2.24) is 0 Å². The van der Waals surface area contributed by atoms with Crippen LogP contribution in [0.4, 0.5) is 0 Å². The summed E-state index contributed by atoms with van der Waals surface area (Å²) in [5, 5.41) is 0.308. The van der Waals surface area contributed by atoms with Gasteiger partial charge in [-0.25, -0.2) is 0 Å². The van der Waals surface area contributed by atoms with Gasteiger partial charge in [0.2, 0.25) is 0 Å². The van der Waals surface area contributed by atoms with Crippen molar-refractivity contribution in [3.63, 3.8) is 0 Å². The molecule has 1 unspecified atom stereocenters. The zero-order valence-electron chi connectivity index (χ0n) is 14.7.